The minimum Gasteiger partial charge on any atom is -0.349 e. The molecule has 4 rings (SSSR count). The Labute approximate surface area is 240 Å². The van der Waals surface area contributed by atoms with Crippen molar-refractivity contribution in [3.05, 3.63) is 77.0 Å². The van der Waals surface area contributed by atoms with E-state index in [9.17, 15) is 4.79 Å². The molecule has 1 aromatic carbocycles. The fourth-order valence-electron chi connectivity index (χ4n) is 5.92. The molecule has 39 heavy (non-hydrogen) atoms. The summed E-state index contributed by atoms with van der Waals surface area (Å²) in [4.78, 5) is 18.8. The van der Waals surface area contributed by atoms with Crippen molar-refractivity contribution in [3.8, 4) is 0 Å². The van der Waals surface area contributed by atoms with Gasteiger partial charge in [0, 0.05) is 31.8 Å². The van der Waals surface area contributed by atoms with Crippen LogP contribution in [0.25, 0.3) is 5.57 Å². The van der Waals surface area contributed by atoms with Gasteiger partial charge in [0.15, 0.2) is 0 Å². The summed E-state index contributed by atoms with van der Waals surface area (Å²) in [7, 11) is 0. The number of piperidine rings is 1. The zero-order valence-corrected chi connectivity index (χ0v) is 24.5. The van der Waals surface area contributed by atoms with Crippen LogP contribution in [-0.4, -0.2) is 48.4 Å². The number of aliphatic imine (C=N–C) groups is 1. The molecule has 210 valence electrons. The van der Waals surface area contributed by atoms with Crippen LogP contribution >= 0.6 is 11.6 Å². The fourth-order valence-corrected chi connectivity index (χ4v) is 6.15. The number of halogens is 1. The highest BCUT2D eigenvalue weighted by atomic mass is 35.5. The molecule has 2 heterocycles. The molecule has 0 bridgehead atoms. The van der Waals surface area contributed by atoms with Crippen LogP contribution in [0.15, 0.2) is 70.9 Å². The summed E-state index contributed by atoms with van der Waals surface area (Å²) < 4.78 is 0. The Hall–Kier alpha value is -2.63. The Balaban J connectivity index is 1.31. The summed E-state index contributed by atoms with van der Waals surface area (Å²) in [6.07, 6.45) is 17.4. The minimum atomic E-state index is 0.0597. The van der Waals surface area contributed by atoms with E-state index in [1.165, 1.54) is 22.8 Å². The van der Waals surface area contributed by atoms with Gasteiger partial charge in [0.1, 0.15) is 5.84 Å². The van der Waals surface area contributed by atoms with Gasteiger partial charge in [0.2, 0.25) is 5.91 Å². The molecule has 1 amide bonds. The number of amides is 1. The third kappa shape index (κ3) is 8.18. The number of nitrogens with one attached hydrogen (secondary N) is 2. The Morgan fingerprint density at radius 1 is 1.23 bits per heavy atom. The number of carbonyl (C=O) groups is 1. The van der Waals surface area contributed by atoms with Crippen molar-refractivity contribution >= 4 is 28.9 Å². The summed E-state index contributed by atoms with van der Waals surface area (Å²) in [6, 6.07) is 9.41. The number of likely N-dealkylation sites (tertiary alicyclic amines) is 1. The van der Waals surface area contributed by atoms with E-state index < -0.39 is 0 Å². The van der Waals surface area contributed by atoms with Crippen molar-refractivity contribution < 1.29 is 4.79 Å². The van der Waals surface area contributed by atoms with E-state index in [0.29, 0.717) is 18.0 Å². The van der Waals surface area contributed by atoms with Crippen LogP contribution in [0, 0.1) is 12.8 Å². The van der Waals surface area contributed by atoms with E-state index in [4.69, 9.17) is 16.6 Å². The molecular formula is C33H45ClN4O. The molecular weight excluding hydrogens is 504 g/mol. The highest BCUT2D eigenvalue weighted by Gasteiger charge is 2.27. The predicted octanol–water partition coefficient (Wildman–Crippen LogP) is 6.90. The number of allylic oxidation sites excluding steroid dienone is 5. The van der Waals surface area contributed by atoms with Crippen LogP contribution in [0.5, 0.6) is 0 Å². The summed E-state index contributed by atoms with van der Waals surface area (Å²) in [6.45, 7) is 10.7. The number of rotatable bonds is 9. The largest absolute Gasteiger partial charge is 0.349 e. The Kier molecular flexibility index (Phi) is 11.0. The number of amidine groups is 1. The van der Waals surface area contributed by atoms with Crippen molar-refractivity contribution in [2.75, 3.05) is 19.6 Å². The molecule has 1 aromatic rings. The van der Waals surface area contributed by atoms with Gasteiger partial charge in [-0.2, -0.15) is 0 Å². The molecule has 0 radical (unpaired) electrons. The maximum atomic E-state index is 11.8. The SMILES string of the molecule is C=CC(=O)N1CCC(CN[C@H]2CC[C@@H](N=C3CC/C=C(C(=C/CCC)/c4ccccc4C)\C(Cl)=C/N3)C2)CC1. The lowest BCUT2D eigenvalue weighted by atomic mass is 9.91. The number of hydrogen-bond acceptors (Lipinski definition) is 3. The van der Waals surface area contributed by atoms with Crippen LogP contribution in [-0.2, 0) is 4.79 Å². The second-order valence-electron chi connectivity index (χ2n) is 11.1. The lowest BCUT2D eigenvalue weighted by Gasteiger charge is -2.32. The molecule has 2 fully saturated rings. The van der Waals surface area contributed by atoms with Gasteiger partial charge in [-0.05, 0) is 92.7 Å². The van der Waals surface area contributed by atoms with Gasteiger partial charge in [-0.1, -0.05) is 67.9 Å². The van der Waals surface area contributed by atoms with Crippen molar-refractivity contribution in [2.24, 2.45) is 10.9 Å². The average Bonchev–Trinajstić information content (AvgIpc) is 3.40. The van der Waals surface area contributed by atoms with E-state index >= 15 is 0 Å². The molecule has 2 atom stereocenters. The number of benzene rings is 1. The summed E-state index contributed by atoms with van der Waals surface area (Å²) in [5.74, 6) is 1.73. The lowest BCUT2D eigenvalue weighted by Crippen LogP contribution is -2.41. The zero-order valence-electron chi connectivity index (χ0n) is 23.7. The van der Waals surface area contributed by atoms with Crippen LogP contribution < -0.4 is 10.6 Å². The molecule has 1 saturated carbocycles. The number of aryl methyl sites for hydroxylation is 1. The number of hydrogen-bond donors (Lipinski definition) is 2. The normalized spacial score (nSPS) is 26.7. The first kappa shape index (κ1) is 29.4. The first-order valence-electron chi connectivity index (χ1n) is 14.8. The molecule has 0 aromatic heterocycles. The van der Waals surface area contributed by atoms with Gasteiger partial charge in [0.05, 0.1) is 11.1 Å². The minimum absolute atomic E-state index is 0.0597. The smallest absolute Gasteiger partial charge is 0.245 e. The van der Waals surface area contributed by atoms with Gasteiger partial charge >= 0.3 is 0 Å². The molecule has 3 aliphatic rings. The van der Waals surface area contributed by atoms with E-state index in [-0.39, 0.29) is 5.91 Å². The van der Waals surface area contributed by atoms with Crippen LogP contribution in [0.2, 0.25) is 0 Å². The Morgan fingerprint density at radius 2 is 2.03 bits per heavy atom. The lowest BCUT2D eigenvalue weighted by molar-refractivity contribution is -0.127. The van der Waals surface area contributed by atoms with Gasteiger partial charge in [-0.15, -0.1) is 0 Å². The molecule has 2 aliphatic heterocycles. The van der Waals surface area contributed by atoms with E-state index in [1.54, 1.807) is 0 Å². The van der Waals surface area contributed by atoms with Crippen molar-refractivity contribution in [2.45, 2.75) is 83.7 Å². The quantitative estimate of drug-likeness (QED) is 0.330. The van der Waals surface area contributed by atoms with Crippen LogP contribution in [0.3, 0.4) is 0 Å². The summed E-state index contributed by atoms with van der Waals surface area (Å²) in [5.41, 5.74) is 4.84. The van der Waals surface area contributed by atoms with Crippen molar-refractivity contribution in [3.63, 3.8) is 0 Å². The first-order chi connectivity index (χ1) is 19.0. The molecule has 5 nitrogen and oxygen atoms in total. The molecule has 1 aliphatic carbocycles. The highest BCUT2D eigenvalue weighted by molar-refractivity contribution is 6.33. The second-order valence-corrected chi connectivity index (χ2v) is 11.5. The molecule has 2 N–H and O–H groups in total. The fraction of sp³-hybridized carbons (Fsp3) is 0.515. The molecule has 0 spiro atoms. The van der Waals surface area contributed by atoms with E-state index in [0.717, 1.165) is 93.9 Å². The highest BCUT2D eigenvalue weighted by Crippen LogP contribution is 2.34. The molecule has 1 saturated heterocycles. The van der Waals surface area contributed by atoms with Gasteiger partial charge in [-0.25, -0.2) is 0 Å². The first-order valence-corrected chi connectivity index (χ1v) is 15.2. The standard InChI is InChI=1S/C33H45ClN4O/c1-4-6-11-29(28-12-8-7-10-24(28)3)30-13-9-14-32(36-23-31(30)34)37-27-16-15-26(21-27)35-22-25-17-19-38(20-18-25)33(39)5-2/h5,7-8,10-13,23,25-27,35H,2,4,6,9,14-22H2,1,3H3,(H,36,37)/b29-11+,30-13-,31-23+/t26-,27+/m0/s1. The summed E-state index contributed by atoms with van der Waals surface area (Å²) in [5, 5.41) is 7.99. The van der Waals surface area contributed by atoms with Crippen molar-refractivity contribution in [1.82, 2.24) is 15.5 Å². The summed E-state index contributed by atoms with van der Waals surface area (Å²) >= 11 is 6.89. The van der Waals surface area contributed by atoms with Gasteiger partial charge in [0.25, 0.3) is 0 Å². The van der Waals surface area contributed by atoms with E-state index in [2.05, 4.69) is 67.5 Å². The second kappa shape index (κ2) is 14.7. The number of carbonyl (C=O) groups excluding carboxylic acids is 1. The van der Waals surface area contributed by atoms with E-state index in [1.807, 2.05) is 11.1 Å². The van der Waals surface area contributed by atoms with Crippen LogP contribution in [0.1, 0.15) is 75.8 Å². The van der Waals surface area contributed by atoms with Crippen molar-refractivity contribution in [1.29, 1.82) is 0 Å². The maximum absolute atomic E-state index is 11.8. The van der Waals surface area contributed by atoms with Crippen LogP contribution in [0.4, 0.5) is 0 Å². The Morgan fingerprint density at radius 3 is 2.77 bits per heavy atom. The molecule has 0 unspecified atom stereocenters. The number of unbranched alkanes of at least 4 members (excludes halogenated alkanes) is 1. The third-order valence-corrected chi connectivity index (χ3v) is 8.57. The predicted molar refractivity (Wildman–Crippen MR) is 165 cm³/mol. The Bertz CT molecular complexity index is 1130. The maximum Gasteiger partial charge on any atom is 0.245 e. The third-order valence-electron chi connectivity index (χ3n) is 8.25. The van der Waals surface area contributed by atoms with Gasteiger partial charge < -0.3 is 15.5 Å². The number of nitrogens with zero attached hydrogens (tertiary/aromatic N) is 2. The van der Waals surface area contributed by atoms with Gasteiger partial charge in [-0.3, -0.25) is 9.79 Å². The topological polar surface area (TPSA) is 56.7 Å². The average molecular weight is 549 g/mol. The molecule has 6 heteroatoms. The zero-order chi connectivity index (χ0) is 27.6. The monoisotopic (exact) mass is 548 g/mol.